The molecular formula is C11H10F2N2O2. The number of halogens is 2. The number of alkyl halides is 2. The van der Waals surface area contributed by atoms with Crippen molar-refractivity contribution in [3.63, 3.8) is 0 Å². The Kier molecular flexibility index (Phi) is 3.54. The summed E-state index contributed by atoms with van der Waals surface area (Å²) in [5.74, 6) is 0.707. The molecular weight excluding hydrogens is 230 g/mol. The Morgan fingerprint density at radius 2 is 2.18 bits per heavy atom. The molecule has 0 bridgehead atoms. The highest BCUT2D eigenvalue weighted by molar-refractivity contribution is 5.56. The molecule has 1 heterocycles. The van der Waals surface area contributed by atoms with Gasteiger partial charge in [0.2, 0.25) is 0 Å². The smallest absolute Gasteiger partial charge is 0.387 e. The van der Waals surface area contributed by atoms with Crippen molar-refractivity contribution in [3.8, 4) is 5.75 Å². The van der Waals surface area contributed by atoms with Gasteiger partial charge in [-0.05, 0) is 12.1 Å². The molecule has 0 unspecified atom stereocenters. The molecule has 4 nitrogen and oxygen atoms in total. The van der Waals surface area contributed by atoms with Gasteiger partial charge >= 0.3 is 6.61 Å². The van der Waals surface area contributed by atoms with E-state index in [2.05, 4.69) is 15.0 Å². The first-order valence-corrected chi connectivity index (χ1v) is 4.91. The van der Waals surface area contributed by atoms with Crippen LogP contribution in [-0.2, 0) is 6.54 Å². The van der Waals surface area contributed by atoms with Gasteiger partial charge in [-0.25, -0.2) is 4.98 Å². The zero-order valence-corrected chi connectivity index (χ0v) is 8.77. The van der Waals surface area contributed by atoms with E-state index in [1.807, 2.05) is 0 Å². The van der Waals surface area contributed by atoms with Crippen LogP contribution >= 0.6 is 0 Å². The molecule has 1 N–H and O–H groups in total. The van der Waals surface area contributed by atoms with E-state index in [4.69, 9.17) is 4.42 Å². The number of hydrogen-bond donors (Lipinski definition) is 1. The SMILES string of the molecule is FC(F)Oc1ccccc1NCc1cnco1. The number of ether oxygens (including phenoxy) is 1. The van der Waals surface area contributed by atoms with Gasteiger partial charge in [-0.3, -0.25) is 0 Å². The van der Waals surface area contributed by atoms with Crippen LogP contribution in [0.2, 0.25) is 0 Å². The maximum atomic E-state index is 12.1. The summed E-state index contributed by atoms with van der Waals surface area (Å²) in [6.45, 7) is -2.49. The molecule has 0 atom stereocenters. The Balaban J connectivity index is 2.04. The molecule has 2 aromatic rings. The van der Waals surface area contributed by atoms with E-state index >= 15 is 0 Å². The molecule has 0 saturated heterocycles. The summed E-state index contributed by atoms with van der Waals surface area (Å²) in [4.78, 5) is 3.75. The summed E-state index contributed by atoms with van der Waals surface area (Å²) < 4.78 is 33.7. The van der Waals surface area contributed by atoms with Crippen LogP contribution < -0.4 is 10.1 Å². The molecule has 0 radical (unpaired) electrons. The van der Waals surface area contributed by atoms with Crippen molar-refractivity contribution in [1.82, 2.24) is 4.98 Å². The number of anilines is 1. The van der Waals surface area contributed by atoms with E-state index in [1.54, 1.807) is 24.4 Å². The van der Waals surface area contributed by atoms with Gasteiger partial charge < -0.3 is 14.5 Å². The van der Waals surface area contributed by atoms with Crippen LogP contribution in [0, 0.1) is 0 Å². The normalized spacial score (nSPS) is 10.5. The van der Waals surface area contributed by atoms with Gasteiger partial charge in [-0.15, -0.1) is 0 Å². The Morgan fingerprint density at radius 3 is 2.88 bits per heavy atom. The van der Waals surface area contributed by atoms with Crippen molar-refractivity contribution in [2.24, 2.45) is 0 Å². The quantitative estimate of drug-likeness (QED) is 0.872. The lowest BCUT2D eigenvalue weighted by molar-refractivity contribution is -0.0493. The summed E-state index contributed by atoms with van der Waals surface area (Å²) in [7, 11) is 0. The molecule has 0 aliphatic rings. The van der Waals surface area contributed by atoms with E-state index in [1.165, 1.54) is 12.5 Å². The number of benzene rings is 1. The molecule has 0 aliphatic carbocycles. The van der Waals surface area contributed by atoms with Gasteiger partial charge in [0.1, 0.15) is 11.5 Å². The first-order chi connectivity index (χ1) is 8.25. The molecule has 6 heteroatoms. The summed E-state index contributed by atoms with van der Waals surface area (Å²) in [6.07, 6.45) is 2.85. The molecule has 0 aliphatic heterocycles. The van der Waals surface area contributed by atoms with Crippen LogP contribution in [0.3, 0.4) is 0 Å². The molecule has 1 aromatic heterocycles. The maximum Gasteiger partial charge on any atom is 0.387 e. The van der Waals surface area contributed by atoms with Crippen molar-refractivity contribution in [2.45, 2.75) is 13.2 Å². The lowest BCUT2D eigenvalue weighted by Crippen LogP contribution is -2.06. The molecule has 0 saturated carbocycles. The van der Waals surface area contributed by atoms with Crippen molar-refractivity contribution in [1.29, 1.82) is 0 Å². The second kappa shape index (κ2) is 5.29. The van der Waals surface area contributed by atoms with E-state index in [9.17, 15) is 8.78 Å². The van der Waals surface area contributed by atoms with E-state index in [0.717, 1.165) is 0 Å². The van der Waals surface area contributed by atoms with E-state index in [0.29, 0.717) is 18.0 Å². The summed E-state index contributed by atoms with van der Waals surface area (Å²) in [6, 6.07) is 6.46. The summed E-state index contributed by atoms with van der Waals surface area (Å²) >= 11 is 0. The van der Waals surface area contributed by atoms with Gasteiger partial charge in [-0.2, -0.15) is 8.78 Å². The summed E-state index contributed by atoms with van der Waals surface area (Å²) in [5, 5.41) is 2.93. The Morgan fingerprint density at radius 1 is 1.35 bits per heavy atom. The largest absolute Gasteiger partial charge is 0.447 e. The van der Waals surface area contributed by atoms with Gasteiger partial charge in [0.15, 0.2) is 6.39 Å². The van der Waals surface area contributed by atoms with Crippen molar-refractivity contribution < 1.29 is 17.9 Å². The first kappa shape index (κ1) is 11.4. The predicted molar refractivity (Wildman–Crippen MR) is 56.9 cm³/mol. The van der Waals surface area contributed by atoms with Crippen LogP contribution in [0.25, 0.3) is 0 Å². The van der Waals surface area contributed by atoms with Crippen molar-refractivity contribution >= 4 is 5.69 Å². The van der Waals surface area contributed by atoms with Crippen LogP contribution in [0.15, 0.2) is 41.3 Å². The van der Waals surface area contributed by atoms with Crippen molar-refractivity contribution in [2.75, 3.05) is 5.32 Å². The number of rotatable bonds is 5. The molecule has 1 aromatic carbocycles. The van der Waals surface area contributed by atoms with Gasteiger partial charge in [0.05, 0.1) is 18.4 Å². The van der Waals surface area contributed by atoms with Crippen LogP contribution in [0.1, 0.15) is 5.76 Å². The standard InChI is InChI=1S/C11H10F2N2O2/c12-11(13)17-10-4-2-1-3-9(10)15-6-8-5-14-7-16-8/h1-5,7,11,15H,6H2. The zero-order valence-electron chi connectivity index (χ0n) is 8.77. The van der Waals surface area contributed by atoms with Crippen LogP contribution in [-0.4, -0.2) is 11.6 Å². The van der Waals surface area contributed by atoms with Crippen molar-refractivity contribution in [3.05, 3.63) is 42.6 Å². The fourth-order valence-electron chi connectivity index (χ4n) is 1.32. The number of oxazole rings is 1. The lowest BCUT2D eigenvalue weighted by Gasteiger charge is -2.11. The van der Waals surface area contributed by atoms with Crippen LogP contribution in [0.5, 0.6) is 5.75 Å². The maximum absolute atomic E-state index is 12.1. The Labute approximate surface area is 96.2 Å². The topological polar surface area (TPSA) is 47.3 Å². The highest BCUT2D eigenvalue weighted by Gasteiger charge is 2.08. The monoisotopic (exact) mass is 240 g/mol. The number of para-hydroxylation sites is 2. The van der Waals surface area contributed by atoms with Gasteiger partial charge in [-0.1, -0.05) is 12.1 Å². The van der Waals surface area contributed by atoms with Gasteiger partial charge in [0, 0.05) is 0 Å². The molecule has 0 spiro atoms. The average molecular weight is 240 g/mol. The third kappa shape index (κ3) is 3.17. The molecule has 2 rings (SSSR count). The third-order valence-corrected chi connectivity index (χ3v) is 2.04. The van der Waals surface area contributed by atoms with Gasteiger partial charge in [0.25, 0.3) is 0 Å². The Hall–Kier alpha value is -2.11. The predicted octanol–water partition coefficient (Wildman–Crippen LogP) is 2.89. The minimum atomic E-state index is -2.84. The highest BCUT2D eigenvalue weighted by atomic mass is 19.3. The number of hydrogen-bond acceptors (Lipinski definition) is 4. The molecule has 17 heavy (non-hydrogen) atoms. The fraction of sp³-hybridized carbons (Fsp3) is 0.182. The zero-order chi connectivity index (χ0) is 12.1. The minimum Gasteiger partial charge on any atom is -0.447 e. The first-order valence-electron chi connectivity index (χ1n) is 4.91. The summed E-state index contributed by atoms with van der Waals surface area (Å²) in [5.41, 5.74) is 0.476. The minimum absolute atomic E-state index is 0.0991. The van der Waals surface area contributed by atoms with E-state index in [-0.39, 0.29) is 5.75 Å². The third-order valence-electron chi connectivity index (χ3n) is 2.04. The molecule has 0 amide bonds. The molecule has 0 fully saturated rings. The fourth-order valence-corrected chi connectivity index (χ4v) is 1.32. The lowest BCUT2D eigenvalue weighted by atomic mass is 10.3. The Bertz CT molecular complexity index is 460. The second-order valence-corrected chi connectivity index (χ2v) is 3.20. The molecule has 90 valence electrons. The number of nitrogens with one attached hydrogen (secondary N) is 1. The highest BCUT2D eigenvalue weighted by Crippen LogP contribution is 2.25. The van der Waals surface area contributed by atoms with E-state index < -0.39 is 6.61 Å². The number of aromatic nitrogens is 1. The number of nitrogens with zero attached hydrogens (tertiary/aromatic N) is 1. The second-order valence-electron chi connectivity index (χ2n) is 3.20. The average Bonchev–Trinajstić information content (AvgIpc) is 2.80. The van der Waals surface area contributed by atoms with Crippen LogP contribution in [0.4, 0.5) is 14.5 Å².